The van der Waals surface area contributed by atoms with Crippen molar-refractivity contribution in [3.8, 4) is 0 Å². The second-order valence-electron chi connectivity index (χ2n) is 6.18. The Morgan fingerprint density at radius 2 is 1.78 bits per heavy atom. The number of primary sulfonamides is 1. The maximum Gasteiger partial charge on any atom is 0.238 e. The van der Waals surface area contributed by atoms with Gasteiger partial charge in [-0.2, -0.15) is 5.10 Å². The molecule has 5 nitrogen and oxygen atoms in total. The van der Waals surface area contributed by atoms with Gasteiger partial charge in [-0.15, -0.1) is 11.3 Å². The molecule has 0 saturated carbocycles. The molecule has 0 amide bonds. The number of halogens is 1. The Labute approximate surface area is 160 Å². The fourth-order valence-corrected chi connectivity index (χ4v) is 4.31. The van der Waals surface area contributed by atoms with Gasteiger partial charge in [0.25, 0.3) is 0 Å². The van der Waals surface area contributed by atoms with Gasteiger partial charge in [0.2, 0.25) is 10.0 Å². The number of nitrogens with two attached hydrogens (primary N) is 1. The van der Waals surface area contributed by atoms with E-state index in [1.54, 1.807) is 35.6 Å². The standard InChI is InChI=1S/C19H16FN3O2S2/c20-14-5-3-13(4-6-14)18-12-17(19-2-1-11-26-19)22-23(18)15-7-9-16(10-8-15)27(21,24)25/h1-11,18H,12H2,(H2,21,24,25)/t18-/m0/s1. The molecule has 0 bridgehead atoms. The van der Waals surface area contributed by atoms with Crippen LogP contribution in [-0.2, 0) is 10.0 Å². The summed E-state index contributed by atoms with van der Waals surface area (Å²) < 4.78 is 36.3. The van der Waals surface area contributed by atoms with Crippen molar-refractivity contribution >= 4 is 32.8 Å². The van der Waals surface area contributed by atoms with Gasteiger partial charge < -0.3 is 0 Å². The number of rotatable bonds is 4. The number of nitrogens with zero attached hydrogens (tertiary/aromatic N) is 2. The highest BCUT2D eigenvalue weighted by Gasteiger charge is 2.30. The van der Waals surface area contributed by atoms with Gasteiger partial charge in [-0.3, -0.25) is 5.01 Å². The van der Waals surface area contributed by atoms with Crippen LogP contribution in [0, 0.1) is 5.82 Å². The fourth-order valence-electron chi connectivity index (χ4n) is 3.07. The van der Waals surface area contributed by atoms with Gasteiger partial charge in [0.1, 0.15) is 5.82 Å². The minimum atomic E-state index is -3.75. The summed E-state index contributed by atoms with van der Waals surface area (Å²) in [5, 5.41) is 13.8. The monoisotopic (exact) mass is 401 g/mol. The number of benzene rings is 2. The van der Waals surface area contributed by atoms with Gasteiger partial charge in [0, 0.05) is 6.42 Å². The highest BCUT2D eigenvalue weighted by molar-refractivity contribution is 7.89. The zero-order valence-electron chi connectivity index (χ0n) is 14.1. The van der Waals surface area contributed by atoms with E-state index in [9.17, 15) is 12.8 Å². The van der Waals surface area contributed by atoms with Crippen LogP contribution < -0.4 is 10.1 Å². The Morgan fingerprint density at radius 3 is 2.37 bits per heavy atom. The summed E-state index contributed by atoms with van der Waals surface area (Å²) in [5.41, 5.74) is 2.61. The average Bonchev–Trinajstić information content (AvgIpc) is 3.31. The molecular formula is C19H16FN3O2S2. The second kappa shape index (κ2) is 6.88. The van der Waals surface area contributed by atoms with E-state index in [0.717, 1.165) is 21.8 Å². The van der Waals surface area contributed by atoms with Crippen LogP contribution in [0.25, 0.3) is 0 Å². The SMILES string of the molecule is NS(=O)(=O)c1ccc(N2N=C(c3cccs3)C[C@H]2c2ccc(F)cc2)cc1. The van der Waals surface area contributed by atoms with E-state index < -0.39 is 10.0 Å². The molecule has 0 fully saturated rings. The van der Waals surface area contributed by atoms with Crippen molar-refractivity contribution in [3.05, 3.63) is 82.3 Å². The van der Waals surface area contributed by atoms with E-state index in [1.165, 1.54) is 24.3 Å². The highest BCUT2D eigenvalue weighted by atomic mass is 32.2. The Morgan fingerprint density at radius 1 is 1.07 bits per heavy atom. The summed E-state index contributed by atoms with van der Waals surface area (Å²) in [4.78, 5) is 1.12. The lowest BCUT2D eigenvalue weighted by Crippen LogP contribution is -2.19. The summed E-state index contributed by atoms with van der Waals surface area (Å²) >= 11 is 1.61. The van der Waals surface area contributed by atoms with Crippen LogP contribution in [0.15, 0.2) is 76.0 Å². The van der Waals surface area contributed by atoms with Gasteiger partial charge in [-0.05, 0) is 53.4 Å². The van der Waals surface area contributed by atoms with Crippen molar-refractivity contribution in [1.82, 2.24) is 0 Å². The van der Waals surface area contributed by atoms with Crippen LogP contribution in [0.3, 0.4) is 0 Å². The predicted molar refractivity (Wildman–Crippen MR) is 105 cm³/mol. The second-order valence-corrected chi connectivity index (χ2v) is 8.69. The van der Waals surface area contributed by atoms with Gasteiger partial charge in [-0.1, -0.05) is 18.2 Å². The zero-order valence-corrected chi connectivity index (χ0v) is 15.8. The lowest BCUT2D eigenvalue weighted by atomic mass is 10.0. The van der Waals surface area contributed by atoms with Crippen LogP contribution in [0.1, 0.15) is 22.9 Å². The molecule has 2 aromatic carbocycles. The quantitative estimate of drug-likeness (QED) is 0.721. The van der Waals surface area contributed by atoms with Crippen LogP contribution in [-0.4, -0.2) is 14.1 Å². The molecule has 2 heterocycles. The van der Waals surface area contributed by atoms with Gasteiger partial charge >= 0.3 is 0 Å². The number of hydrogen-bond donors (Lipinski definition) is 1. The van der Waals surface area contributed by atoms with Crippen LogP contribution in [0.5, 0.6) is 0 Å². The van der Waals surface area contributed by atoms with Crippen molar-refractivity contribution < 1.29 is 12.8 Å². The van der Waals surface area contributed by atoms with E-state index in [-0.39, 0.29) is 16.8 Å². The van der Waals surface area contributed by atoms with E-state index in [1.807, 2.05) is 22.5 Å². The average molecular weight is 401 g/mol. The topological polar surface area (TPSA) is 75.8 Å². The summed E-state index contributed by atoms with van der Waals surface area (Å²) in [7, 11) is -3.75. The molecule has 1 atom stereocenters. The van der Waals surface area contributed by atoms with Gasteiger partial charge in [0.05, 0.1) is 27.2 Å². The van der Waals surface area contributed by atoms with Gasteiger partial charge in [0.15, 0.2) is 0 Å². The lowest BCUT2D eigenvalue weighted by Gasteiger charge is -2.24. The molecule has 1 aliphatic rings. The minimum Gasteiger partial charge on any atom is -0.257 e. The molecule has 4 rings (SSSR count). The summed E-state index contributed by atoms with van der Waals surface area (Å²) in [6.45, 7) is 0. The molecule has 138 valence electrons. The van der Waals surface area contributed by atoms with Crippen LogP contribution in [0.2, 0.25) is 0 Å². The third-order valence-corrected chi connectivity index (χ3v) is 6.25. The van der Waals surface area contributed by atoms with E-state index >= 15 is 0 Å². The zero-order chi connectivity index (χ0) is 19.0. The van der Waals surface area contributed by atoms with Crippen molar-refractivity contribution in [3.63, 3.8) is 0 Å². The molecular weight excluding hydrogens is 385 g/mol. The van der Waals surface area contributed by atoms with E-state index in [4.69, 9.17) is 10.2 Å². The molecule has 2 N–H and O–H groups in total. The molecule has 27 heavy (non-hydrogen) atoms. The molecule has 0 unspecified atom stereocenters. The molecule has 0 saturated heterocycles. The maximum absolute atomic E-state index is 13.3. The third kappa shape index (κ3) is 3.64. The molecule has 8 heteroatoms. The van der Waals surface area contributed by atoms with Gasteiger partial charge in [-0.25, -0.2) is 17.9 Å². The molecule has 0 radical (unpaired) electrons. The third-order valence-electron chi connectivity index (χ3n) is 4.40. The summed E-state index contributed by atoms with van der Waals surface area (Å²) in [5.74, 6) is -0.291. The first-order chi connectivity index (χ1) is 12.9. The first-order valence-corrected chi connectivity index (χ1v) is 10.6. The van der Waals surface area contributed by atoms with Crippen molar-refractivity contribution in [1.29, 1.82) is 0 Å². The number of sulfonamides is 1. The first-order valence-electron chi connectivity index (χ1n) is 8.21. The Balaban J connectivity index is 1.74. The molecule has 1 aromatic heterocycles. The Hall–Kier alpha value is -2.55. The summed E-state index contributed by atoms with van der Waals surface area (Å²) in [6, 6.07) is 16.5. The van der Waals surface area contributed by atoms with Crippen molar-refractivity contribution in [2.45, 2.75) is 17.4 Å². The van der Waals surface area contributed by atoms with Crippen LogP contribution in [0.4, 0.5) is 10.1 Å². The fraction of sp³-hybridized carbons (Fsp3) is 0.105. The van der Waals surface area contributed by atoms with Crippen LogP contribution >= 0.6 is 11.3 Å². The minimum absolute atomic E-state index is 0.0474. The number of thiophene rings is 1. The predicted octanol–water partition coefficient (Wildman–Crippen LogP) is 3.89. The number of hydrogen-bond acceptors (Lipinski definition) is 5. The molecule has 3 aromatic rings. The van der Waals surface area contributed by atoms with E-state index in [0.29, 0.717) is 6.42 Å². The maximum atomic E-state index is 13.3. The Kier molecular flexibility index (Phi) is 4.55. The normalized spacial score (nSPS) is 17.2. The van der Waals surface area contributed by atoms with Crippen molar-refractivity contribution in [2.75, 3.05) is 5.01 Å². The molecule has 0 spiro atoms. The van der Waals surface area contributed by atoms with Crippen molar-refractivity contribution in [2.24, 2.45) is 10.2 Å². The molecule has 0 aliphatic carbocycles. The lowest BCUT2D eigenvalue weighted by molar-refractivity contribution is 0.597. The van der Waals surface area contributed by atoms with E-state index in [2.05, 4.69) is 0 Å². The largest absolute Gasteiger partial charge is 0.257 e. The summed E-state index contributed by atoms with van der Waals surface area (Å²) in [6.07, 6.45) is 0.670. The number of anilines is 1. The number of hydrazone groups is 1. The smallest absolute Gasteiger partial charge is 0.238 e. The highest BCUT2D eigenvalue weighted by Crippen LogP contribution is 2.37. The first kappa shape index (κ1) is 17.8. The molecule has 1 aliphatic heterocycles. The Bertz CT molecular complexity index is 1080.